The lowest BCUT2D eigenvalue weighted by Crippen LogP contribution is -1.90. The minimum absolute atomic E-state index is 0.681. The molecule has 0 heterocycles. The van der Waals surface area contributed by atoms with E-state index >= 15 is 0 Å². The zero-order valence-electron chi connectivity index (χ0n) is 15.4. The Morgan fingerprint density at radius 2 is 1.56 bits per heavy atom. The summed E-state index contributed by atoms with van der Waals surface area (Å²) in [6.07, 6.45) is 9.76. The molecule has 2 aromatic carbocycles. The molecule has 0 atom stereocenters. The molecule has 2 aromatic rings. The lowest BCUT2D eigenvalue weighted by Gasteiger charge is -2.05. The van der Waals surface area contributed by atoms with Gasteiger partial charge in [-0.15, -0.1) is 0 Å². The highest BCUT2D eigenvalue weighted by molar-refractivity contribution is 6.51. The van der Waals surface area contributed by atoms with Crippen molar-refractivity contribution in [3.63, 3.8) is 0 Å². The number of benzene rings is 2. The van der Waals surface area contributed by atoms with Crippen molar-refractivity contribution in [3.8, 4) is 5.75 Å². The fraction of sp³-hybridized carbons (Fsp3) is 0.391. The van der Waals surface area contributed by atoms with Crippen LogP contribution in [0.5, 0.6) is 5.75 Å². The Hall–Kier alpha value is -1.73. The summed E-state index contributed by atoms with van der Waals surface area (Å²) in [5.74, 6) is 0.888. The molecule has 0 amide bonds. The van der Waals surface area contributed by atoms with Crippen LogP contribution in [0.2, 0.25) is 0 Å². The van der Waals surface area contributed by atoms with E-state index in [0.29, 0.717) is 6.61 Å². The van der Waals surface area contributed by atoms with Crippen LogP contribution in [0.25, 0.3) is 11.1 Å². The Morgan fingerprint density at radius 3 is 2.20 bits per heavy atom. The zero-order chi connectivity index (χ0) is 17.9. The van der Waals surface area contributed by atoms with Gasteiger partial charge in [0, 0.05) is 5.03 Å². The number of aryl methyl sites for hydroxylation is 1. The third-order valence-corrected chi connectivity index (χ3v) is 4.61. The molecule has 0 aliphatic heterocycles. The van der Waals surface area contributed by atoms with E-state index in [2.05, 4.69) is 31.2 Å². The first-order chi connectivity index (χ1) is 12.2. The molecule has 0 spiro atoms. The topological polar surface area (TPSA) is 9.23 Å². The normalized spacial score (nSPS) is 11.6. The second kappa shape index (κ2) is 11.0. The molecule has 25 heavy (non-hydrogen) atoms. The van der Waals surface area contributed by atoms with E-state index in [4.69, 9.17) is 16.3 Å². The minimum Gasteiger partial charge on any atom is -0.494 e. The monoisotopic (exact) mass is 356 g/mol. The highest BCUT2D eigenvalue weighted by Crippen LogP contribution is 2.24. The highest BCUT2D eigenvalue weighted by atomic mass is 35.5. The Labute approximate surface area is 157 Å². The predicted octanol–water partition coefficient (Wildman–Crippen LogP) is 7.34. The molecular weight excluding hydrogens is 328 g/mol. The third kappa shape index (κ3) is 6.96. The summed E-state index contributed by atoms with van der Waals surface area (Å²) in [5.41, 5.74) is 3.53. The summed E-state index contributed by atoms with van der Waals surface area (Å²) in [5, 5.41) is 0.763. The molecule has 0 N–H and O–H groups in total. The van der Waals surface area contributed by atoms with Gasteiger partial charge in [-0.25, -0.2) is 0 Å². The van der Waals surface area contributed by atoms with Gasteiger partial charge in [0.15, 0.2) is 0 Å². The van der Waals surface area contributed by atoms with Crippen LogP contribution in [0.4, 0.5) is 0 Å². The standard InChI is InChI=1S/C23H29ClO/c1-3-5-6-7-8-9-19-10-14-21(15-11-19)23(24)18-20-12-16-22(17-13-20)25-4-2/h10-18H,3-9H2,1-2H3/b23-18-. The van der Waals surface area contributed by atoms with Crippen LogP contribution in [0.3, 0.4) is 0 Å². The van der Waals surface area contributed by atoms with Gasteiger partial charge in [-0.3, -0.25) is 0 Å². The van der Waals surface area contributed by atoms with Crippen LogP contribution in [-0.2, 0) is 6.42 Å². The number of unbranched alkanes of at least 4 members (excludes halogenated alkanes) is 4. The molecule has 2 rings (SSSR count). The van der Waals surface area contributed by atoms with Crippen molar-refractivity contribution < 1.29 is 4.74 Å². The first kappa shape index (κ1) is 19.6. The summed E-state index contributed by atoms with van der Waals surface area (Å²) < 4.78 is 5.46. The number of hydrogen-bond donors (Lipinski definition) is 0. The molecule has 0 aliphatic carbocycles. The van der Waals surface area contributed by atoms with Crippen molar-refractivity contribution in [1.82, 2.24) is 0 Å². The van der Waals surface area contributed by atoms with Crippen molar-refractivity contribution >= 4 is 22.7 Å². The molecule has 1 nitrogen and oxygen atoms in total. The summed E-state index contributed by atoms with van der Waals surface area (Å²) in [7, 11) is 0. The van der Waals surface area contributed by atoms with E-state index in [9.17, 15) is 0 Å². The summed E-state index contributed by atoms with van der Waals surface area (Å²) in [4.78, 5) is 0. The molecule has 2 heteroatoms. The summed E-state index contributed by atoms with van der Waals surface area (Å²) in [6, 6.07) is 16.6. The molecule has 0 saturated heterocycles. The van der Waals surface area contributed by atoms with Crippen molar-refractivity contribution in [2.24, 2.45) is 0 Å². The molecule has 0 fully saturated rings. The average molecular weight is 357 g/mol. The number of hydrogen-bond acceptors (Lipinski definition) is 1. The van der Waals surface area contributed by atoms with Crippen LogP contribution >= 0.6 is 11.6 Å². The highest BCUT2D eigenvalue weighted by Gasteiger charge is 2.01. The van der Waals surface area contributed by atoms with E-state index < -0.39 is 0 Å². The number of rotatable bonds is 10. The van der Waals surface area contributed by atoms with Crippen molar-refractivity contribution in [2.45, 2.75) is 52.4 Å². The number of halogens is 1. The summed E-state index contributed by atoms with van der Waals surface area (Å²) in [6.45, 7) is 4.92. The fourth-order valence-electron chi connectivity index (χ4n) is 2.82. The SMILES string of the molecule is CCCCCCCc1ccc(/C(Cl)=C/c2ccc(OCC)cc2)cc1. The van der Waals surface area contributed by atoms with Crippen molar-refractivity contribution in [1.29, 1.82) is 0 Å². The van der Waals surface area contributed by atoms with Crippen LogP contribution in [0.15, 0.2) is 48.5 Å². The van der Waals surface area contributed by atoms with E-state index in [1.807, 2.05) is 37.3 Å². The van der Waals surface area contributed by atoms with E-state index in [1.165, 1.54) is 37.7 Å². The smallest absolute Gasteiger partial charge is 0.119 e. The average Bonchev–Trinajstić information content (AvgIpc) is 2.64. The lowest BCUT2D eigenvalue weighted by atomic mass is 10.0. The van der Waals surface area contributed by atoms with Crippen LogP contribution < -0.4 is 4.74 Å². The third-order valence-electron chi connectivity index (χ3n) is 4.28. The van der Waals surface area contributed by atoms with Gasteiger partial charge in [0.1, 0.15) is 5.75 Å². The Morgan fingerprint density at radius 1 is 0.880 bits per heavy atom. The quantitative estimate of drug-likeness (QED) is 0.319. The maximum Gasteiger partial charge on any atom is 0.119 e. The van der Waals surface area contributed by atoms with Gasteiger partial charge in [0.25, 0.3) is 0 Å². The van der Waals surface area contributed by atoms with Crippen LogP contribution in [-0.4, -0.2) is 6.61 Å². The molecular formula is C23H29ClO. The maximum absolute atomic E-state index is 6.49. The second-order valence-electron chi connectivity index (χ2n) is 6.36. The van der Waals surface area contributed by atoms with Gasteiger partial charge >= 0.3 is 0 Å². The Bertz CT molecular complexity index is 641. The van der Waals surface area contributed by atoms with E-state index in [0.717, 1.165) is 28.3 Å². The lowest BCUT2D eigenvalue weighted by molar-refractivity contribution is 0.340. The number of ether oxygens (including phenoxy) is 1. The molecule has 0 aromatic heterocycles. The van der Waals surface area contributed by atoms with Crippen molar-refractivity contribution in [3.05, 3.63) is 65.2 Å². The molecule has 0 aliphatic rings. The van der Waals surface area contributed by atoms with Gasteiger partial charge in [0.05, 0.1) is 6.61 Å². The first-order valence-electron chi connectivity index (χ1n) is 9.42. The largest absolute Gasteiger partial charge is 0.494 e. The Balaban J connectivity index is 1.91. The van der Waals surface area contributed by atoms with Gasteiger partial charge in [-0.1, -0.05) is 80.6 Å². The fourth-order valence-corrected chi connectivity index (χ4v) is 3.07. The van der Waals surface area contributed by atoms with Crippen LogP contribution in [0.1, 0.15) is 62.6 Å². The van der Waals surface area contributed by atoms with E-state index in [-0.39, 0.29) is 0 Å². The van der Waals surface area contributed by atoms with E-state index in [1.54, 1.807) is 0 Å². The minimum atomic E-state index is 0.681. The first-order valence-corrected chi connectivity index (χ1v) is 9.80. The predicted molar refractivity (Wildman–Crippen MR) is 110 cm³/mol. The molecule has 0 bridgehead atoms. The molecule has 0 unspecified atom stereocenters. The Kier molecular flexibility index (Phi) is 8.62. The van der Waals surface area contributed by atoms with Gasteiger partial charge in [-0.05, 0) is 54.7 Å². The molecule has 134 valence electrons. The van der Waals surface area contributed by atoms with Gasteiger partial charge in [-0.2, -0.15) is 0 Å². The van der Waals surface area contributed by atoms with Gasteiger partial charge in [0.2, 0.25) is 0 Å². The van der Waals surface area contributed by atoms with Crippen LogP contribution in [0, 0.1) is 0 Å². The molecule has 0 saturated carbocycles. The maximum atomic E-state index is 6.49. The molecule has 0 radical (unpaired) electrons. The zero-order valence-corrected chi connectivity index (χ0v) is 16.2. The second-order valence-corrected chi connectivity index (χ2v) is 6.76. The summed E-state index contributed by atoms with van der Waals surface area (Å²) >= 11 is 6.49. The van der Waals surface area contributed by atoms with Gasteiger partial charge < -0.3 is 4.74 Å². The van der Waals surface area contributed by atoms with Crippen molar-refractivity contribution in [2.75, 3.05) is 6.61 Å².